The number of hydrogen-bond donors (Lipinski definition) is 0. The van der Waals surface area contributed by atoms with Gasteiger partial charge in [-0.3, -0.25) is 23.3 Å². The summed E-state index contributed by atoms with van der Waals surface area (Å²) in [6, 6.07) is 1.95. The topological polar surface area (TPSA) is 106 Å². The van der Waals surface area contributed by atoms with Crippen molar-refractivity contribution in [2.75, 3.05) is 13.6 Å². The first-order valence-corrected chi connectivity index (χ1v) is 7.10. The molecule has 2 aromatic heterocycles. The first-order chi connectivity index (χ1) is 10.8. The number of nitriles is 1. The SMILES string of the molecule is CN(CCC#N)C(=O)Cn1c(Cl)nc2c1c(=O)n(C)c(=O)n2C. The van der Waals surface area contributed by atoms with Gasteiger partial charge >= 0.3 is 5.69 Å². The molecule has 2 rings (SSSR count). The minimum atomic E-state index is -0.574. The fourth-order valence-electron chi connectivity index (χ4n) is 2.16. The van der Waals surface area contributed by atoms with E-state index in [9.17, 15) is 14.4 Å². The molecular formula is C13H15ClN6O3. The molecule has 0 N–H and O–H groups in total. The van der Waals surface area contributed by atoms with E-state index in [0.29, 0.717) is 0 Å². The van der Waals surface area contributed by atoms with Crippen LogP contribution < -0.4 is 11.2 Å². The normalized spacial score (nSPS) is 10.7. The maximum atomic E-state index is 12.3. The van der Waals surface area contributed by atoms with Gasteiger partial charge < -0.3 is 4.90 Å². The summed E-state index contributed by atoms with van der Waals surface area (Å²) < 4.78 is 3.40. The molecule has 0 aromatic carbocycles. The first-order valence-electron chi connectivity index (χ1n) is 6.72. The van der Waals surface area contributed by atoms with Crippen molar-refractivity contribution < 1.29 is 4.79 Å². The van der Waals surface area contributed by atoms with Crippen molar-refractivity contribution in [3.05, 3.63) is 26.1 Å². The molecule has 122 valence electrons. The second-order valence-corrected chi connectivity index (χ2v) is 5.41. The van der Waals surface area contributed by atoms with Crippen LogP contribution in [-0.4, -0.2) is 43.1 Å². The summed E-state index contributed by atoms with van der Waals surface area (Å²) in [5.41, 5.74) is -0.895. The molecule has 10 heteroatoms. The number of rotatable bonds is 4. The Morgan fingerprint density at radius 3 is 2.61 bits per heavy atom. The van der Waals surface area contributed by atoms with Crippen LogP contribution in [0.1, 0.15) is 6.42 Å². The largest absolute Gasteiger partial charge is 0.343 e. The summed E-state index contributed by atoms with van der Waals surface area (Å²) in [4.78, 5) is 41.8. The average Bonchev–Trinajstić information content (AvgIpc) is 2.85. The van der Waals surface area contributed by atoms with Crippen molar-refractivity contribution in [2.24, 2.45) is 14.1 Å². The Morgan fingerprint density at radius 1 is 1.35 bits per heavy atom. The summed E-state index contributed by atoms with van der Waals surface area (Å²) in [5, 5.41) is 8.51. The molecule has 1 amide bonds. The zero-order chi connectivity index (χ0) is 17.3. The third kappa shape index (κ3) is 2.85. The van der Waals surface area contributed by atoms with Crippen LogP contribution in [-0.2, 0) is 25.4 Å². The van der Waals surface area contributed by atoms with Gasteiger partial charge in [0.05, 0.1) is 12.5 Å². The Bertz CT molecular complexity index is 932. The molecule has 2 heterocycles. The van der Waals surface area contributed by atoms with Crippen molar-refractivity contribution >= 4 is 28.7 Å². The minimum Gasteiger partial charge on any atom is -0.343 e. The molecule has 0 atom stereocenters. The Hall–Kier alpha value is -2.60. The maximum absolute atomic E-state index is 12.3. The second-order valence-electron chi connectivity index (χ2n) is 5.07. The molecule has 2 aromatic rings. The predicted octanol–water partition coefficient (Wildman–Crippen LogP) is -0.541. The van der Waals surface area contributed by atoms with Gasteiger partial charge in [-0.15, -0.1) is 0 Å². The second kappa shape index (κ2) is 6.26. The van der Waals surface area contributed by atoms with E-state index in [1.807, 2.05) is 6.07 Å². The van der Waals surface area contributed by atoms with Crippen molar-refractivity contribution in [2.45, 2.75) is 13.0 Å². The predicted molar refractivity (Wildman–Crippen MR) is 83.1 cm³/mol. The standard InChI is InChI=1S/C13H15ClN6O3/c1-17(6-4-5-15)8(21)7-20-9-10(16-12(20)14)18(2)13(23)19(3)11(9)22/h4,6-7H2,1-3H3. The van der Waals surface area contributed by atoms with E-state index in [1.165, 1.54) is 28.1 Å². The zero-order valence-corrected chi connectivity index (χ0v) is 13.7. The van der Waals surface area contributed by atoms with Crippen molar-refractivity contribution in [1.82, 2.24) is 23.6 Å². The number of aryl methyl sites for hydroxylation is 1. The Morgan fingerprint density at radius 2 is 2.00 bits per heavy atom. The van der Waals surface area contributed by atoms with Gasteiger partial charge in [-0.1, -0.05) is 0 Å². The van der Waals surface area contributed by atoms with E-state index in [4.69, 9.17) is 16.9 Å². The van der Waals surface area contributed by atoms with Crippen LogP contribution in [0.15, 0.2) is 9.59 Å². The third-order valence-corrected chi connectivity index (χ3v) is 3.87. The fraction of sp³-hybridized carbons (Fsp3) is 0.462. The molecule has 0 saturated heterocycles. The highest BCUT2D eigenvalue weighted by atomic mass is 35.5. The number of likely N-dealkylation sites (N-methyl/N-ethyl adjacent to an activating group) is 1. The zero-order valence-electron chi connectivity index (χ0n) is 12.9. The lowest BCUT2D eigenvalue weighted by Gasteiger charge is -2.16. The number of halogens is 1. The third-order valence-electron chi connectivity index (χ3n) is 3.58. The van der Waals surface area contributed by atoms with Gasteiger partial charge in [0.15, 0.2) is 11.2 Å². The number of carbonyl (C=O) groups is 1. The Labute approximate surface area is 135 Å². The van der Waals surface area contributed by atoms with E-state index in [-0.39, 0.29) is 41.9 Å². The van der Waals surface area contributed by atoms with Gasteiger partial charge in [-0.05, 0) is 11.6 Å². The minimum absolute atomic E-state index is 0.0552. The lowest BCUT2D eigenvalue weighted by atomic mass is 10.4. The molecule has 0 aliphatic heterocycles. The molecule has 0 aliphatic carbocycles. The van der Waals surface area contributed by atoms with Crippen LogP contribution in [0.5, 0.6) is 0 Å². The molecular weight excluding hydrogens is 324 g/mol. The summed E-state index contributed by atoms with van der Waals surface area (Å²) in [5.74, 6) is -0.322. The van der Waals surface area contributed by atoms with Crippen LogP contribution in [0.4, 0.5) is 0 Å². The van der Waals surface area contributed by atoms with Crippen molar-refractivity contribution in [3.63, 3.8) is 0 Å². The molecule has 0 saturated carbocycles. The Kier molecular flexibility index (Phi) is 4.56. The van der Waals surface area contributed by atoms with Gasteiger partial charge in [0.1, 0.15) is 6.54 Å². The van der Waals surface area contributed by atoms with E-state index in [1.54, 1.807) is 7.05 Å². The quantitative estimate of drug-likeness (QED) is 0.696. The molecule has 0 radical (unpaired) electrons. The van der Waals surface area contributed by atoms with E-state index in [2.05, 4.69) is 4.98 Å². The highest BCUT2D eigenvalue weighted by Gasteiger charge is 2.20. The molecule has 0 fully saturated rings. The van der Waals surface area contributed by atoms with Crippen LogP contribution in [0.25, 0.3) is 11.2 Å². The molecule has 0 spiro atoms. The number of fused-ring (bicyclic) bond motifs is 1. The van der Waals surface area contributed by atoms with Crippen molar-refractivity contribution in [1.29, 1.82) is 5.26 Å². The summed E-state index contributed by atoms with van der Waals surface area (Å²) in [6.45, 7) is 0.0702. The molecule has 0 bridgehead atoms. The number of amides is 1. The highest BCUT2D eigenvalue weighted by Crippen LogP contribution is 2.15. The monoisotopic (exact) mass is 338 g/mol. The fourth-order valence-corrected chi connectivity index (χ4v) is 2.39. The molecule has 9 nitrogen and oxygen atoms in total. The van der Waals surface area contributed by atoms with Gasteiger partial charge in [0, 0.05) is 27.7 Å². The smallest absolute Gasteiger partial charge is 0.332 e. The van der Waals surface area contributed by atoms with E-state index in [0.717, 1.165) is 4.57 Å². The van der Waals surface area contributed by atoms with Crippen molar-refractivity contribution in [3.8, 4) is 6.07 Å². The number of aromatic nitrogens is 4. The van der Waals surface area contributed by atoms with Gasteiger partial charge in [0.25, 0.3) is 5.56 Å². The van der Waals surface area contributed by atoms with Crippen LogP contribution >= 0.6 is 11.6 Å². The first kappa shape index (κ1) is 16.8. The van der Waals surface area contributed by atoms with Crippen LogP contribution in [0.2, 0.25) is 5.28 Å². The molecule has 23 heavy (non-hydrogen) atoms. The number of carbonyl (C=O) groups excluding carboxylic acids is 1. The van der Waals surface area contributed by atoms with Crippen LogP contribution in [0, 0.1) is 11.3 Å². The Balaban J connectivity index is 2.53. The summed E-state index contributed by atoms with van der Waals surface area (Å²) >= 11 is 6.03. The van der Waals surface area contributed by atoms with E-state index >= 15 is 0 Å². The lowest BCUT2D eigenvalue weighted by molar-refractivity contribution is -0.130. The lowest BCUT2D eigenvalue weighted by Crippen LogP contribution is -2.38. The summed E-state index contributed by atoms with van der Waals surface area (Å²) in [6.07, 6.45) is 0.205. The van der Waals surface area contributed by atoms with E-state index < -0.39 is 11.2 Å². The van der Waals surface area contributed by atoms with Crippen LogP contribution in [0.3, 0.4) is 0 Å². The maximum Gasteiger partial charge on any atom is 0.332 e. The molecule has 0 unspecified atom stereocenters. The summed E-state index contributed by atoms with van der Waals surface area (Å²) in [7, 11) is 4.37. The highest BCUT2D eigenvalue weighted by molar-refractivity contribution is 6.29. The number of nitrogens with zero attached hydrogens (tertiary/aromatic N) is 6. The molecule has 0 aliphatic rings. The van der Waals surface area contributed by atoms with Gasteiger partial charge in [-0.2, -0.15) is 10.2 Å². The average molecular weight is 339 g/mol. The van der Waals surface area contributed by atoms with Gasteiger partial charge in [0.2, 0.25) is 11.2 Å². The van der Waals surface area contributed by atoms with Gasteiger partial charge in [-0.25, -0.2) is 4.79 Å². The number of imidazole rings is 1. The number of hydrogen-bond acceptors (Lipinski definition) is 5.